The highest BCUT2D eigenvalue weighted by Gasteiger charge is 2.33. The number of aromatic amines is 1. The summed E-state index contributed by atoms with van der Waals surface area (Å²) in [6, 6.07) is 0.725. The number of hydrogen-bond acceptors (Lipinski definition) is 2. The Labute approximate surface area is 94.6 Å². The van der Waals surface area contributed by atoms with Crippen molar-refractivity contribution in [2.45, 2.75) is 13.0 Å². The fraction of sp³-hybridized carbons (Fsp3) is 0.286. The van der Waals surface area contributed by atoms with Gasteiger partial charge in [0.25, 0.3) is 0 Å². The Bertz CT molecular complexity index is 414. The topological polar surface area (TPSA) is 42.1 Å². The molecule has 0 aromatic carbocycles. The lowest BCUT2D eigenvalue weighted by Crippen LogP contribution is -2.21. The average Bonchev–Trinajstić information content (AvgIpc) is 2.07. The second-order valence-corrected chi connectivity index (χ2v) is 3.56. The molecule has 0 unspecified atom stereocenters. The van der Waals surface area contributed by atoms with Crippen molar-refractivity contribution >= 4 is 22.6 Å². The SMILES string of the molecule is O=c1cc(CF)c(OC(F)(F)F)c(I)[nH]1. The smallest absolute Gasteiger partial charge is 0.403 e. The van der Waals surface area contributed by atoms with E-state index in [4.69, 9.17) is 0 Å². The van der Waals surface area contributed by atoms with Crippen molar-refractivity contribution in [2.75, 3.05) is 0 Å². The van der Waals surface area contributed by atoms with Gasteiger partial charge in [0, 0.05) is 11.6 Å². The van der Waals surface area contributed by atoms with Gasteiger partial charge in [0.1, 0.15) is 10.4 Å². The highest BCUT2D eigenvalue weighted by molar-refractivity contribution is 14.1. The summed E-state index contributed by atoms with van der Waals surface area (Å²) in [5, 5.41) is 0. The Balaban J connectivity index is 3.21. The van der Waals surface area contributed by atoms with Gasteiger partial charge in [-0.3, -0.25) is 4.79 Å². The van der Waals surface area contributed by atoms with Crippen molar-refractivity contribution < 1.29 is 22.3 Å². The molecule has 0 radical (unpaired) electrons. The van der Waals surface area contributed by atoms with Crippen LogP contribution in [0.4, 0.5) is 17.6 Å². The molecule has 0 bridgehead atoms. The summed E-state index contributed by atoms with van der Waals surface area (Å²) in [5.41, 5.74) is -1.11. The second kappa shape index (κ2) is 4.37. The van der Waals surface area contributed by atoms with E-state index in [1.165, 1.54) is 22.6 Å². The molecule has 0 aliphatic carbocycles. The monoisotopic (exact) mass is 337 g/mol. The van der Waals surface area contributed by atoms with Crippen LogP contribution in [0.2, 0.25) is 0 Å². The van der Waals surface area contributed by atoms with E-state index < -0.39 is 29.9 Å². The molecule has 1 aromatic rings. The minimum atomic E-state index is -4.91. The summed E-state index contributed by atoms with van der Waals surface area (Å²) in [4.78, 5) is 12.9. The Morgan fingerprint density at radius 2 is 2.07 bits per heavy atom. The largest absolute Gasteiger partial charge is 0.573 e. The van der Waals surface area contributed by atoms with Crippen molar-refractivity contribution in [3.8, 4) is 5.75 Å². The lowest BCUT2D eigenvalue weighted by Gasteiger charge is -2.12. The number of halogens is 5. The fourth-order valence-electron chi connectivity index (χ4n) is 0.891. The van der Waals surface area contributed by atoms with Crippen LogP contribution >= 0.6 is 22.6 Å². The van der Waals surface area contributed by atoms with Crippen molar-refractivity contribution in [2.24, 2.45) is 0 Å². The second-order valence-electron chi connectivity index (χ2n) is 2.48. The maximum atomic E-state index is 12.3. The molecule has 8 heteroatoms. The quantitative estimate of drug-likeness (QED) is 0.511. The Hall–Kier alpha value is -0.800. The van der Waals surface area contributed by atoms with Crippen LogP contribution < -0.4 is 10.3 Å². The van der Waals surface area contributed by atoms with Crippen LogP contribution in [0.3, 0.4) is 0 Å². The normalized spacial score (nSPS) is 11.5. The van der Waals surface area contributed by atoms with Gasteiger partial charge >= 0.3 is 6.36 Å². The molecule has 1 rings (SSSR count). The average molecular weight is 337 g/mol. The summed E-state index contributed by atoms with van der Waals surface area (Å²) in [6.07, 6.45) is -4.91. The van der Waals surface area contributed by atoms with E-state index in [1.54, 1.807) is 0 Å². The number of pyridine rings is 1. The Morgan fingerprint density at radius 1 is 1.47 bits per heavy atom. The van der Waals surface area contributed by atoms with Crippen LogP contribution in [0.1, 0.15) is 5.56 Å². The van der Waals surface area contributed by atoms with Gasteiger partial charge in [-0.2, -0.15) is 0 Å². The summed E-state index contributed by atoms with van der Waals surface area (Å²) in [6.45, 7) is -1.20. The molecule has 0 saturated heterocycles. The van der Waals surface area contributed by atoms with Crippen molar-refractivity contribution in [3.05, 3.63) is 25.7 Å². The van der Waals surface area contributed by atoms with E-state index in [9.17, 15) is 22.4 Å². The Kier molecular flexibility index (Phi) is 3.58. The lowest BCUT2D eigenvalue weighted by molar-refractivity contribution is -0.275. The van der Waals surface area contributed by atoms with Gasteiger partial charge in [0.2, 0.25) is 5.56 Å². The van der Waals surface area contributed by atoms with E-state index >= 15 is 0 Å². The summed E-state index contributed by atoms with van der Waals surface area (Å²) < 4.78 is 51.4. The maximum absolute atomic E-state index is 12.3. The van der Waals surface area contributed by atoms with Gasteiger partial charge in [-0.15, -0.1) is 13.2 Å². The van der Waals surface area contributed by atoms with Crippen LogP contribution in [0, 0.1) is 3.70 Å². The van der Waals surface area contributed by atoms with Crippen molar-refractivity contribution in [1.29, 1.82) is 0 Å². The molecular weight excluding hydrogens is 333 g/mol. The van der Waals surface area contributed by atoms with Crippen molar-refractivity contribution in [3.63, 3.8) is 0 Å². The summed E-state index contributed by atoms with van der Waals surface area (Å²) >= 11 is 1.43. The molecule has 84 valence electrons. The molecule has 0 atom stereocenters. The third-order valence-corrected chi connectivity index (χ3v) is 2.15. The number of rotatable bonds is 2. The van der Waals surface area contributed by atoms with E-state index in [-0.39, 0.29) is 3.70 Å². The molecule has 0 aliphatic rings. The minimum Gasteiger partial charge on any atom is -0.403 e. The number of nitrogens with one attached hydrogen (secondary N) is 1. The zero-order valence-corrected chi connectivity index (χ0v) is 9.15. The molecule has 15 heavy (non-hydrogen) atoms. The van der Waals surface area contributed by atoms with Gasteiger partial charge in [-0.25, -0.2) is 4.39 Å². The molecule has 1 aromatic heterocycles. The minimum absolute atomic E-state index is 0.190. The van der Waals surface area contributed by atoms with Gasteiger partial charge in [-0.1, -0.05) is 0 Å². The fourth-order valence-corrected chi connectivity index (χ4v) is 1.61. The Morgan fingerprint density at radius 3 is 2.53 bits per heavy atom. The standard InChI is InChI=1S/C7H4F4INO2/c8-2-3-1-4(14)13-6(12)5(3)15-7(9,10)11/h1H,2H2,(H,13,14). The highest BCUT2D eigenvalue weighted by atomic mass is 127. The van der Waals surface area contributed by atoms with Crippen LogP contribution in [-0.4, -0.2) is 11.3 Å². The molecule has 1 heterocycles. The third kappa shape index (κ3) is 3.36. The van der Waals surface area contributed by atoms with E-state index in [0.29, 0.717) is 0 Å². The van der Waals surface area contributed by atoms with E-state index in [0.717, 1.165) is 6.07 Å². The highest BCUT2D eigenvalue weighted by Crippen LogP contribution is 2.29. The van der Waals surface area contributed by atoms with Gasteiger partial charge in [-0.05, 0) is 22.6 Å². The van der Waals surface area contributed by atoms with E-state index in [2.05, 4.69) is 9.72 Å². The van der Waals surface area contributed by atoms with Crippen LogP contribution in [0.25, 0.3) is 0 Å². The van der Waals surface area contributed by atoms with E-state index in [1.807, 2.05) is 0 Å². The van der Waals surface area contributed by atoms with Crippen LogP contribution in [0.5, 0.6) is 5.75 Å². The molecule has 1 N–H and O–H groups in total. The molecular formula is C7H4F4INO2. The number of aromatic nitrogens is 1. The molecule has 0 aliphatic heterocycles. The molecule has 0 saturated carbocycles. The third-order valence-electron chi connectivity index (χ3n) is 1.39. The lowest BCUT2D eigenvalue weighted by atomic mass is 10.3. The number of alkyl halides is 4. The first-order chi connectivity index (χ1) is 6.83. The van der Waals surface area contributed by atoms with Gasteiger partial charge in [0.05, 0.1) is 0 Å². The molecule has 3 nitrogen and oxygen atoms in total. The van der Waals surface area contributed by atoms with Gasteiger partial charge in [0.15, 0.2) is 5.75 Å². The van der Waals surface area contributed by atoms with Crippen LogP contribution in [-0.2, 0) is 6.67 Å². The number of hydrogen-bond donors (Lipinski definition) is 1. The zero-order valence-electron chi connectivity index (χ0n) is 6.99. The first-order valence-electron chi connectivity index (χ1n) is 3.57. The first-order valence-corrected chi connectivity index (χ1v) is 4.65. The molecule has 0 spiro atoms. The molecule has 0 fully saturated rings. The summed E-state index contributed by atoms with van der Waals surface area (Å²) in [7, 11) is 0. The molecule has 0 amide bonds. The maximum Gasteiger partial charge on any atom is 0.573 e. The predicted molar refractivity (Wildman–Crippen MR) is 51.3 cm³/mol. The zero-order chi connectivity index (χ0) is 11.6. The van der Waals surface area contributed by atoms with Gasteiger partial charge < -0.3 is 9.72 Å². The van der Waals surface area contributed by atoms with Crippen molar-refractivity contribution in [1.82, 2.24) is 4.98 Å². The summed E-state index contributed by atoms with van der Waals surface area (Å²) in [5.74, 6) is -0.704. The predicted octanol–water partition coefficient (Wildman–Crippen LogP) is 2.35. The number of ether oxygens (including phenoxy) is 1. The number of H-pyrrole nitrogens is 1. The van der Waals surface area contributed by atoms with Crippen LogP contribution in [0.15, 0.2) is 10.9 Å². The first kappa shape index (κ1) is 12.3.